The molecule has 144 valence electrons. The highest BCUT2D eigenvalue weighted by molar-refractivity contribution is 6.23. The minimum Gasteiger partial charge on any atom is -0.454 e. The molecule has 4 atom stereocenters. The predicted molar refractivity (Wildman–Crippen MR) is 107 cm³/mol. The number of amides is 2. The lowest BCUT2D eigenvalue weighted by Crippen LogP contribution is -2.33. The molecule has 5 nitrogen and oxygen atoms in total. The average molecular weight is 385 g/mol. The van der Waals surface area contributed by atoms with Crippen molar-refractivity contribution in [3.63, 3.8) is 0 Å². The van der Waals surface area contributed by atoms with Crippen molar-refractivity contribution in [3.8, 4) is 11.5 Å². The zero-order valence-electron chi connectivity index (χ0n) is 15.9. The molecule has 29 heavy (non-hydrogen) atoms. The number of hydrogen-bond donors (Lipinski definition) is 0. The number of imide groups is 1. The van der Waals surface area contributed by atoms with Crippen molar-refractivity contribution in [1.29, 1.82) is 0 Å². The summed E-state index contributed by atoms with van der Waals surface area (Å²) in [7, 11) is 0. The van der Waals surface area contributed by atoms with E-state index in [0.29, 0.717) is 17.2 Å². The lowest BCUT2D eigenvalue weighted by Gasteiger charge is -2.20. The van der Waals surface area contributed by atoms with Gasteiger partial charge < -0.3 is 9.47 Å². The Labute approximate surface area is 168 Å². The number of hydrogen-bond acceptors (Lipinski definition) is 4. The van der Waals surface area contributed by atoms with Gasteiger partial charge in [0, 0.05) is 17.9 Å². The van der Waals surface area contributed by atoms with Gasteiger partial charge in [-0.3, -0.25) is 9.59 Å². The van der Waals surface area contributed by atoms with Gasteiger partial charge in [0.15, 0.2) is 11.5 Å². The monoisotopic (exact) mass is 385 g/mol. The van der Waals surface area contributed by atoms with E-state index in [0.717, 1.165) is 5.56 Å². The molecule has 2 aromatic rings. The Morgan fingerprint density at radius 1 is 0.897 bits per heavy atom. The molecule has 0 N–H and O–H groups in total. The van der Waals surface area contributed by atoms with Crippen molar-refractivity contribution in [2.45, 2.75) is 6.92 Å². The lowest BCUT2D eigenvalue weighted by molar-refractivity contribution is -0.122. The summed E-state index contributed by atoms with van der Waals surface area (Å²) in [6.07, 6.45) is 4.23. The predicted octanol–water partition coefficient (Wildman–Crippen LogP) is 3.81. The molecule has 2 aromatic carbocycles. The van der Waals surface area contributed by atoms with Crippen LogP contribution in [0.5, 0.6) is 11.5 Å². The second-order valence-electron chi connectivity index (χ2n) is 7.98. The standard InChI is InChI=1S/C24H19NO4/c1-13(14-5-3-2-4-6-14)20-16-8-9-17(20)22-21(16)23(26)25(24(22)27)15-7-10-18-19(11-15)29-12-28-18/h2-11,16-17,21-22H,12H2,1H3/t16-,17-,21+,22+/m1/s1. The third kappa shape index (κ3) is 2.15. The highest BCUT2D eigenvalue weighted by atomic mass is 16.7. The molecule has 2 heterocycles. The van der Waals surface area contributed by atoms with Crippen LogP contribution in [0.15, 0.2) is 66.3 Å². The van der Waals surface area contributed by atoms with Gasteiger partial charge in [0.25, 0.3) is 0 Å². The van der Waals surface area contributed by atoms with E-state index in [1.165, 1.54) is 16.0 Å². The van der Waals surface area contributed by atoms with Crippen LogP contribution in [0.25, 0.3) is 5.57 Å². The summed E-state index contributed by atoms with van der Waals surface area (Å²) in [6, 6.07) is 15.4. The number of carbonyl (C=O) groups is 2. The molecule has 0 radical (unpaired) electrons. The first-order chi connectivity index (χ1) is 14.1. The van der Waals surface area contributed by atoms with Crippen LogP contribution in [0.1, 0.15) is 12.5 Å². The average Bonchev–Trinajstić information content (AvgIpc) is 3.50. The van der Waals surface area contributed by atoms with Gasteiger partial charge in [0.2, 0.25) is 18.6 Å². The Morgan fingerprint density at radius 3 is 2.24 bits per heavy atom. The molecule has 2 bridgehead atoms. The Balaban J connectivity index is 1.39. The van der Waals surface area contributed by atoms with Gasteiger partial charge in [-0.2, -0.15) is 0 Å². The first-order valence-electron chi connectivity index (χ1n) is 9.87. The topological polar surface area (TPSA) is 55.8 Å². The molecule has 2 aliphatic heterocycles. The quantitative estimate of drug-likeness (QED) is 0.583. The molecule has 5 heteroatoms. The Morgan fingerprint density at radius 2 is 1.55 bits per heavy atom. The summed E-state index contributed by atoms with van der Waals surface area (Å²) in [5.41, 5.74) is 4.10. The number of ether oxygens (including phenoxy) is 2. The maximum atomic E-state index is 13.4. The van der Waals surface area contributed by atoms with Crippen molar-refractivity contribution in [3.05, 3.63) is 71.8 Å². The summed E-state index contributed by atoms with van der Waals surface area (Å²) in [4.78, 5) is 28.1. The normalized spacial score (nSPS) is 28.4. The number of benzene rings is 2. The molecular weight excluding hydrogens is 366 g/mol. The van der Waals surface area contributed by atoms with Crippen LogP contribution in [0, 0.1) is 23.7 Å². The van der Waals surface area contributed by atoms with Gasteiger partial charge in [0.1, 0.15) is 0 Å². The first-order valence-corrected chi connectivity index (χ1v) is 9.87. The molecular formula is C24H19NO4. The van der Waals surface area contributed by atoms with Crippen LogP contribution in [-0.4, -0.2) is 18.6 Å². The van der Waals surface area contributed by atoms with Crippen LogP contribution in [0.4, 0.5) is 5.69 Å². The molecule has 1 saturated carbocycles. The van der Waals surface area contributed by atoms with Crippen molar-refractivity contribution >= 4 is 23.1 Å². The fourth-order valence-corrected chi connectivity index (χ4v) is 5.40. The maximum Gasteiger partial charge on any atom is 0.238 e. The molecule has 4 aliphatic rings. The van der Waals surface area contributed by atoms with Gasteiger partial charge in [-0.05, 0) is 30.2 Å². The second-order valence-corrected chi connectivity index (χ2v) is 7.98. The van der Waals surface area contributed by atoms with Crippen molar-refractivity contribution in [1.82, 2.24) is 0 Å². The third-order valence-electron chi connectivity index (χ3n) is 6.67. The van der Waals surface area contributed by atoms with Gasteiger partial charge in [0.05, 0.1) is 17.5 Å². The summed E-state index contributed by atoms with van der Waals surface area (Å²) < 4.78 is 10.8. The summed E-state index contributed by atoms with van der Waals surface area (Å²) >= 11 is 0. The van der Waals surface area contributed by atoms with E-state index < -0.39 is 0 Å². The van der Waals surface area contributed by atoms with Crippen LogP contribution in [0.3, 0.4) is 0 Å². The largest absolute Gasteiger partial charge is 0.454 e. The van der Waals surface area contributed by atoms with Crippen molar-refractivity contribution in [2.75, 3.05) is 11.7 Å². The molecule has 0 unspecified atom stereocenters. The lowest BCUT2D eigenvalue weighted by atomic mass is 9.85. The molecule has 2 fully saturated rings. The number of carbonyl (C=O) groups excluding carboxylic acids is 2. The van der Waals surface area contributed by atoms with E-state index >= 15 is 0 Å². The number of allylic oxidation sites excluding steroid dienone is 4. The van der Waals surface area contributed by atoms with Gasteiger partial charge >= 0.3 is 0 Å². The van der Waals surface area contributed by atoms with Gasteiger partial charge in [-0.25, -0.2) is 4.90 Å². The number of anilines is 1. The van der Waals surface area contributed by atoms with Gasteiger partial charge in [-0.15, -0.1) is 0 Å². The minimum absolute atomic E-state index is 0.0133. The highest BCUT2D eigenvalue weighted by Crippen LogP contribution is 2.58. The molecule has 6 rings (SSSR count). The smallest absolute Gasteiger partial charge is 0.238 e. The zero-order valence-corrected chi connectivity index (χ0v) is 15.9. The van der Waals surface area contributed by atoms with Crippen molar-refractivity contribution < 1.29 is 19.1 Å². The van der Waals surface area contributed by atoms with E-state index in [9.17, 15) is 9.59 Å². The molecule has 0 spiro atoms. The van der Waals surface area contributed by atoms with Crippen molar-refractivity contribution in [2.24, 2.45) is 23.7 Å². The van der Waals surface area contributed by atoms with E-state index in [-0.39, 0.29) is 42.3 Å². The van der Waals surface area contributed by atoms with E-state index in [2.05, 4.69) is 31.2 Å². The number of fused-ring (bicyclic) bond motifs is 6. The highest BCUT2D eigenvalue weighted by Gasteiger charge is 2.62. The second kappa shape index (κ2) is 5.83. The van der Waals surface area contributed by atoms with E-state index in [1.54, 1.807) is 18.2 Å². The fourth-order valence-electron chi connectivity index (χ4n) is 5.40. The number of nitrogens with zero attached hydrogens (tertiary/aromatic N) is 1. The molecule has 2 aliphatic carbocycles. The van der Waals surface area contributed by atoms with E-state index in [1.807, 2.05) is 18.2 Å². The Bertz CT molecular complexity index is 1080. The summed E-state index contributed by atoms with van der Waals surface area (Å²) in [5, 5.41) is 0. The van der Waals surface area contributed by atoms with Crippen LogP contribution in [-0.2, 0) is 9.59 Å². The minimum atomic E-state index is -0.323. The summed E-state index contributed by atoms with van der Waals surface area (Å²) in [6.45, 7) is 2.26. The SMILES string of the molecule is CC(=C1[C@H]2C=C[C@H]1[C@@H]1C(=O)N(c3ccc4c(c3)OCO4)C(=O)[C@H]12)c1ccccc1. The zero-order chi connectivity index (χ0) is 19.7. The fraction of sp³-hybridized carbons (Fsp3) is 0.250. The molecule has 2 amide bonds. The maximum absolute atomic E-state index is 13.4. The first kappa shape index (κ1) is 16.6. The third-order valence-corrected chi connectivity index (χ3v) is 6.67. The van der Waals surface area contributed by atoms with Crippen LogP contribution >= 0.6 is 0 Å². The Hall–Kier alpha value is -3.34. The van der Waals surface area contributed by atoms with E-state index in [4.69, 9.17) is 9.47 Å². The molecule has 0 aromatic heterocycles. The van der Waals surface area contributed by atoms with Crippen LogP contribution < -0.4 is 14.4 Å². The van der Waals surface area contributed by atoms with Crippen LogP contribution in [0.2, 0.25) is 0 Å². The molecule has 1 saturated heterocycles. The Kier molecular flexibility index (Phi) is 3.34. The number of rotatable bonds is 2. The summed E-state index contributed by atoms with van der Waals surface area (Å²) in [5.74, 6) is 0.304. The van der Waals surface area contributed by atoms with Gasteiger partial charge in [-0.1, -0.05) is 48.1 Å².